The van der Waals surface area contributed by atoms with Crippen molar-refractivity contribution >= 4 is 22.3 Å². The lowest BCUT2D eigenvalue weighted by atomic mass is 9.98. The van der Waals surface area contributed by atoms with Crippen molar-refractivity contribution in [3.63, 3.8) is 0 Å². The second kappa shape index (κ2) is 3.59. The van der Waals surface area contributed by atoms with Gasteiger partial charge in [-0.2, -0.15) is 0 Å². The van der Waals surface area contributed by atoms with Crippen LogP contribution in [-0.2, 0) is 11.3 Å². The Morgan fingerprint density at radius 2 is 2.18 bits per heavy atom. The number of carbonyl (C=O) groups excluding carboxylic acids is 1. The molecule has 0 unspecified atom stereocenters. The van der Waals surface area contributed by atoms with Gasteiger partial charge >= 0.3 is 0 Å². The van der Waals surface area contributed by atoms with Crippen LogP contribution in [0.2, 0.25) is 0 Å². The number of hydrogen-bond acceptors (Lipinski definition) is 3. The molecule has 2 aromatic rings. The Balaban J connectivity index is 2.32. The fraction of sp³-hybridized carbons (Fsp3) is 0.0769. The number of fused-ring (bicyclic) bond motifs is 3. The van der Waals surface area contributed by atoms with Crippen molar-refractivity contribution in [3.8, 4) is 0 Å². The van der Waals surface area contributed by atoms with Crippen LogP contribution in [-0.4, -0.2) is 10.9 Å². The second-order valence-electron chi connectivity index (χ2n) is 3.98. The van der Waals surface area contributed by atoms with Gasteiger partial charge in [-0.05, 0) is 5.39 Å². The van der Waals surface area contributed by atoms with E-state index in [4.69, 9.17) is 5.73 Å². The molecule has 0 bridgehead atoms. The summed E-state index contributed by atoms with van der Waals surface area (Å²) in [4.78, 5) is 15.7. The molecule has 1 amide bonds. The number of rotatable bonds is 1. The van der Waals surface area contributed by atoms with E-state index in [-0.39, 0.29) is 0 Å². The van der Waals surface area contributed by atoms with Crippen LogP contribution in [0.15, 0.2) is 36.7 Å². The summed E-state index contributed by atoms with van der Waals surface area (Å²) in [5, 5.41) is 5.24. The Labute approximate surface area is 98.1 Å². The lowest BCUT2D eigenvalue weighted by Gasteiger charge is -2.17. The average molecular weight is 225 g/mol. The normalized spacial score (nSPS) is 13.8. The number of nitrogens with zero attached hydrogens (tertiary/aromatic N) is 1. The van der Waals surface area contributed by atoms with Crippen molar-refractivity contribution in [1.82, 2.24) is 10.3 Å². The molecule has 3 N–H and O–H groups in total. The third-order valence-corrected chi connectivity index (χ3v) is 2.95. The van der Waals surface area contributed by atoms with Gasteiger partial charge < -0.3 is 11.1 Å². The molecule has 4 nitrogen and oxygen atoms in total. The average Bonchev–Trinajstić information content (AvgIpc) is 2.37. The number of pyridine rings is 1. The van der Waals surface area contributed by atoms with Gasteiger partial charge in [-0.3, -0.25) is 9.78 Å². The van der Waals surface area contributed by atoms with E-state index < -0.39 is 5.91 Å². The van der Waals surface area contributed by atoms with Gasteiger partial charge in [0, 0.05) is 29.9 Å². The molecule has 0 saturated heterocycles. The molecule has 0 atom stereocenters. The molecule has 0 saturated carbocycles. The van der Waals surface area contributed by atoms with Crippen molar-refractivity contribution in [1.29, 1.82) is 0 Å². The zero-order valence-electron chi connectivity index (χ0n) is 9.10. The molecule has 1 aliphatic heterocycles. The summed E-state index contributed by atoms with van der Waals surface area (Å²) in [6.45, 7) is 0.667. The predicted octanol–water partition coefficient (Wildman–Crippen LogP) is 1.16. The van der Waals surface area contributed by atoms with Gasteiger partial charge in [0.25, 0.3) is 5.91 Å². The summed E-state index contributed by atoms with van der Waals surface area (Å²) in [7, 11) is 0. The lowest BCUT2D eigenvalue weighted by Crippen LogP contribution is -2.23. The van der Waals surface area contributed by atoms with Crippen molar-refractivity contribution in [2.45, 2.75) is 6.54 Å². The maximum Gasteiger partial charge on any atom is 0.252 e. The predicted molar refractivity (Wildman–Crippen MR) is 65.8 cm³/mol. The highest BCUT2D eigenvalue weighted by Gasteiger charge is 2.19. The molecule has 3 rings (SSSR count). The molecule has 17 heavy (non-hydrogen) atoms. The Morgan fingerprint density at radius 3 is 3.00 bits per heavy atom. The highest BCUT2D eigenvalue weighted by atomic mass is 16.1. The van der Waals surface area contributed by atoms with Gasteiger partial charge in [0.2, 0.25) is 0 Å². The Morgan fingerprint density at radius 1 is 1.35 bits per heavy atom. The van der Waals surface area contributed by atoms with Crippen LogP contribution < -0.4 is 11.1 Å². The SMILES string of the molecule is NC(=O)C1=CNCc2c1ncc1ccccc21. The largest absolute Gasteiger partial charge is 0.386 e. The summed E-state index contributed by atoms with van der Waals surface area (Å²) in [6, 6.07) is 7.98. The van der Waals surface area contributed by atoms with E-state index in [1.807, 2.05) is 24.3 Å². The Bertz CT molecular complexity index is 646. The molecule has 4 heteroatoms. The standard InChI is InChI=1S/C13H11N3O/c14-13(17)11-7-15-6-10-9-4-2-1-3-8(9)5-16-12(10)11/h1-5,7,15H,6H2,(H2,14,17). The van der Waals surface area contributed by atoms with Crippen molar-refractivity contribution < 1.29 is 4.79 Å². The van der Waals surface area contributed by atoms with E-state index in [9.17, 15) is 4.79 Å². The molecule has 1 aromatic heterocycles. The minimum Gasteiger partial charge on any atom is -0.386 e. The van der Waals surface area contributed by atoms with E-state index in [1.165, 1.54) is 0 Å². The first-order chi connectivity index (χ1) is 8.27. The number of primary amides is 1. The molecular formula is C13H11N3O. The Hall–Kier alpha value is -2.36. The van der Waals surface area contributed by atoms with Gasteiger partial charge in [0.05, 0.1) is 11.3 Å². The van der Waals surface area contributed by atoms with E-state index in [0.717, 1.165) is 16.3 Å². The van der Waals surface area contributed by atoms with E-state index in [1.54, 1.807) is 12.4 Å². The number of hydrogen-bond donors (Lipinski definition) is 2. The number of amides is 1. The first kappa shape index (κ1) is 9.84. The van der Waals surface area contributed by atoms with Crippen LogP contribution >= 0.6 is 0 Å². The first-order valence-electron chi connectivity index (χ1n) is 5.38. The van der Waals surface area contributed by atoms with Crippen LogP contribution in [0.1, 0.15) is 11.3 Å². The number of nitrogens with one attached hydrogen (secondary N) is 1. The quantitative estimate of drug-likeness (QED) is 0.765. The number of aromatic nitrogens is 1. The van der Waals surface area contributed by atoms with Crippen molar-refractivity contribution in [2.75, 3.05) is 0 Å². The molecule has 0 fully saturated rings. The molecule has 0 spiro atoms. The van der Waals surface area contributed by atoms with Gasteiger partial charge in [-0.15, -0.1) is 0 Å². The van der Waals surface area contributed by atoms with Crippen LogP contribution in [0.4, 0.5) is 0 Å². The number of nitrogens with two attached hydrogens (primary N) is 1. The zero-order chi connectivity index (χ0) is 11.8. The summed E-state index contributed by atoms with van der Waals surface area (Å²) in [5.74, 6) is -0.457. The third kappa shape index (κ3) is 1.45. The first-order valence-corrected chi connectivity index (χ1v) is 5.38. The number of benzene rings is 1. The van der Waals surface area contributed by atoms with E-state index in [2.05, 4.69) is 10.3 Å². The lowest BCUT2D eigenvalue weighted by molar-refractivity contribution is -0.112. The van der Waals surface area contributed by atoms with Crippen LogP contribution in [0, 0.1) is 0 Å². The minimum absolute atomic E-state index is 0.442. The molecule has 1 aromatic carbocycles. The Kier molecular flexibility index (Phi) is 2.08. The van der Waals surface area contributed by atoms with Gasteiger partial charge in [0.1, 0.15) is 0 Å². The van der Waals surface area contributed by atoms with Crippen LogP contribution in [0.25, 0.3) is 16.3 Å². The summed E-state index contributed by atoms with van der Waals surface area (Å²) in [5.41, 5.74) is 7.50. The maximum absolute atomic E-state index is 11.3. The smallest absolute Gasteiger partial charge is 0.252 e. The van der Waals surface area contributed by atoms with Gasteiger partial charge in [0.15, 0.2) is 0 Å². The summed E-state index contributed by atoms with van der Waals surface area (Å²) < 4.78 is 0. The maximum atomic E-state index is 11.3. The van der Waals surface area contributed by atoms with Crippen LogP contribution in [0.5, 0.6) is 0 Å². The zero-order valence-corrected chi connectivity index (χ0v) is 9.10. The van der Waals surface area contributed by atoms with Crippen LogP contribution in [0.3, 0.4) is 0 Å². The van der Waals surface area contributed by atoms with Gasteiger partial charge in [-0.25, -0.2) is 0 Å². The monoisotopic (exact) mass is 225 g/mol. The fourth-order valence-electron chi connectivity index (χ4n) is 2.15. The highest BCUT2D eigenvalue weighted by Crippen LogP contribution is 2.27. The van der Waals surface area contributed by atoms with Crippen molar-refractivity contribution in [2.24, 2.45) is 5.73 Å². The molecule has 0 aliphatic carbocycles. The van der Waals surface area contributed by atoms with Gasteiger partial charge in [-0.1, -0.05) is 24.3 Å². The van der Waals surface area contributed by atoms with Crippen molar-refractivity contribution in [3.05, 3.63) is 47.9 Å². The van der Waals surface area contributed by atoms with E-state index in [0.29, 0.717) is 17.8 Å². The molecule has 84 valence electrons. The van der Waals surface area contributed by atoms with E-state index >= 15 is 0 Å². The summed E-state index contributed by atoms with van der Waals surface area (Å²) in [6.07, 6.45) is 3.41. The highest BCUT2D eigenvalue weighted by molar-refractivity contribution is 6.19. The molecule has 2 heterocycles. The topological polar surface area (TPSA) is 68.0 Å². The minimum atomic E-state index is -0.457. The fourth-order valence-corrected chi connectivity index (χ4v) is 2.15. The molecule has 0 radical (unpaired) electrons. The number of carbonyl (C=O) groups is 1. The molecule has 1 aliphatic rings. The molecular weight excluding hydrogens is 214 g/mol. The third-order valence-electron chi connectivity index (χ3n) is 2.95. The summed E-state index contributed by atoms with van der Waals surface area (Å²) >= 11 is 0. The second-order valence-corrected chi connectivity index (χ2v) is 3.98.